The maximum absolute atomic E-state index is 13.0. The fourth-order valence-electron chi connectivity index (χ4n) is 9.80. The summed E-state index contributed by atoms with van der Waals surface area (Å²) in [6.07, 6.45) is 88.7. The third-order valence-electron chi connectivity index (χ3n) is 14.9. The van der Waals surface area contributed by atoms with Crippen LogP contribution in [0.2, 0.25) is 0 Å². The van der Waals surface area contributed by atoms with Gasteiger partial charge in [0.25, 0.3) is 0 Å². The molecule has 0 spiro atoms. The van der Waals surface area contributed by atoms with Crippen LogP contribution in [0.4, 0.5) is 0 Å². The summed E-state index contributed by atoms with van der Waals surface area (Å²) in [4.78, 5) is 38.4. The van der Waals surface area contributed by atoms with Crippen LogP contribution in [0, 0.1) is 0 Å². The standard InChI is InChI=1S/C73H128O6/c1-4-7-10-13-16-19-22-25-28-31-33-35-36-38-39-42-45-48-51-54-57-60-63-66-72(75)78-69-70(68-77-71(74)65-62-59-56-53-50-47-44-41-30-27-24-21-18-15-12-9-6-3)79-73(76)67-64-61-58-55-52-49-46-43-40-37-34-32-29-26-23-20-17-14-11-8-5-2/h8,11,17,20,22,25-26,29,31,33-34,36-38,70H,4-7,9-10,12-16,18-19,21,23-24,27-28,30,32,35,39-69H2,1-3H3/b11-8-,20-17-,25-22-,29-26-,33-31-,37-34-,38-36-. The van der Waals surface area contributed by atoms with E-state index in [2.05, 4.69) is 106 Å². The van der Waals surface area contributed by atoms with Gasteiger partial charge >= 0.3 is 17.9 Å². The second kappa shape index (κ2) is 67.1. The summed E-state index contributed by atoms with van der Waals surface area (Å²) in [6.45, 7) is 6.55. The molecule has 0 N–H and O–H groups in total. The van der Waals surface area contributed by atoms with E-state index in [1.807, 2.05) is 0 Å². The first-order valence-corrected chi connectivity index (χ1v) is 34.1. The molecule has 1 unspecified atom stereocenters. The van der Waals surface area contributed by atoms with Crippen molar-refractivity contribution in [2.24, 2.45) is 0 Å². The van der Waals surface area contributed by atoms with Crippen molar-refractivity contribution in [3.63, 3.8) is 0 Å². The minimum absolute atomic E-state index is 0.0792. The molecule has 0 rings (SSSR count). The summed E-state index contributed by atoms with van der Waals surface area (Å²) >= 11 is 0. The van der Waals surface area contributed by atoms with Crippen LogP contribution in [0.15, 0.2) is 85.1 Å². The Morgan fingerprint density at radius 1 is 0.266 bits per heavy atom. The number of hydrogen-bond donors (Lipinski definition) is 0. The van der Waals surface area contributed by atoms with Crippen LogP contribution in [-0.2, 0) is 28.6 Å². The van der Waals surface area contributed by atoms with Gasteiger partial charge < -0.3 is 14.2 Å². The zero-order valence-corrected chi connectivity index (χ0v) is 52.4. The van der Waals surface area contributed by atoms with E-state index >= 15 is 0 Å². The van der Waals surface area contributed by atoms with Gasteiger partial charge in [-0.2, -0.15) is 0 Å². The van der Waals surface area contributed by atoms with Gasteiger partial charge in [0.15, 0.2) is 6.10 Å². The van der Waals surface area contributed by atoms with Gasteiger partial charge in [-0.15, -0.1) is 0 Å². The van der Waals surface area contributed by atoms with Crippen molar-refractivity contribution in [2.45, 2.75) is 348 Å². The van der Waals surface area contributed by atoms with Crippen molar-refractivity contribution in [2.75, 3.05) is 13.2 Å². The molecule has 1 atom stereocenters. The molecule has 0 aliphatic heterocycles. The lowest BCUT2D eigenvalue weighted by atomic mass is 10.0. The van der Waals surface area contributed by atoms with Crippen molar-refractivity contribution >= 4 is 17.9 Å². The van der Waals surface area contributed by atoms with Gasteiger partial charge in [-0.25, -0.2) is 0 Å². The maximum atomic E-state index is 13.0. The largest absolute Gasteiger partial charge is 0.462 e. The molecule has 0 heterocycles. The number of rotatable bonds is 62. The quantitative estimate of drug-likeness (QED) is 0.0261. The van der Waals surface area contributed by atoms with Gasteiger partial charge in [0.05, 0.1) is 0 Å². The van der Waals surface area contributed by atoms with Crippen molar-refractivity contribution in [3.05, 3.63) is 85.1 Å². The molecule has 456 valence electrons. The summed E-state index contributed by atoms with van der Waals surface area (Å²) in [7, 11) is 0. The predicted molar refractivity (Wildman–Crippen MR) is 344 cm³/mol. The lowest BCUT2D eigenvalue weighted by Gasteiger charge is -2.18. The molecule has 0 aliphatic rings. The lowest BCUT2D eigenvalue weighted by molar-refractivity contribution is -0.167. The molecule has 0 aromatic heterocycles. The zero-order chi connectivity index (χ0) is 57.1. The number of carbonyl (C=O) groups is 3. The van der Waals surface area contributed by atoms with Crippen molar-refractivity contribution in [1.29, 1.82) is 0 Å². The third kappa shape index (κ3) is 65.3. The molecule has 0 aromatic rings. The van der Waals surface area contributed by atoms with Crippen LogP contribution in [-0.4, -0.2) is 37.2 Å². The molecule has 79 heavy (non-hydrogen) atoms. The molecule has 0 amide bonds. The minimum Gasteiger partial charge on any atom is -0.462 e. The van der Waals surface area contributed by atoms with E-state index < -0.39 is 6.10 Å². The van der Waals surface area contributed by atoms with Crippen molar-refractivity contribution in [1.82, 2.24) is 0 Å². The number of unbranched alkanes of at least 4 members (excludes halogenated alkanes) is 37. The molecule has 0 aromatic carbocycles. The highest BCUT2D eigenvalue weighted by Gasteiger charge is 2.19. The number of ether oxygens (including phenoxy) is 3. The van der Waals surface area contributed by atoms with Crippen LogP contribution in [0.3, 0.4) is 0 Å². The van der Waals surface area contributed by atoms with Gasteiger partial charge in [0.2, 0.25) is 0 Å². The van der Waals surface area contributed by atoms with E-state index in [9.17, 15) is 14.4 Å². The Kier molecular flexibility index (Phi) is 64.2. The summed E-state index contributed by atoms with van der Waals surface area (Å²) in [5.74, 6) is -0.877. The zero-order valence-electron chi connectivity index (χ0n) is 52.4. The van der Waals surface area contributed by atoms with Gasteiger partial charge in [0.1, 0.15) is 13.2 Å². The average Bonchev–Trinajstić information content (AvgIpc) is 3.45. The van der Waals surface area contributed by atoms with Gasteiger partial charge in [-0.1, -0.05) is 311 Å². The number of allylic oxidation sites excluding steroid dienone is 14. The van der Waals surface area contributed by atoms with Crippen molar-refractivity contribution < 1.29 is 28.6 Å². The molecule has 0 fully saturated rings. The highest BCUT2D eigenvalue weighted by atomic mass is 16.6. The molecule has 0 saturated heterocycles. The first-order chi connectivity index (χ1) is 39.0. The fourth-order valence-corrected chi connectivity index (χ4v) is 9.80. The Hall–Kier alpha value is -3.41. The number of esters is 3. The van der Waals surface area contributed by atoms with E-state index in [4.69, 9.17) is 14.2 Å². The van der Waals surface area contributed by atoms with Gasteiger partial charge in [0, 0.05) is 19.3 Å². The van der Waals surface area contributed by atoms with E-state index in [-0.39, 0.29) is 31.1 Å². The summed E-state index contributed by atoms with van der Waals surface area (Å²) in [6, 6.07) is 0. The number of carbonyl (C=O) groups excluding carboxylic acids is 3. The first kappa shape index (κ1) is 75.6. The monoisotopic (exact) mass is 1100 g/mol. The topological polar surface area (TPSA) is 78.9 Å². The first-order valence-electron chi connectivity index (χ1n) is 34.1. The highest BCUT2D eigenvalue weighted by Crippen LogP contribution is 2.17. The summed E-state index contributed by atoms with van der Waals surface area (Å²) < 4.78 is 17.0. The molecule has 0 saturated carbocycles. The molecule has 6 heteroatoms. The normalized spacial score (nSPS) is 12.6. The fraction of sp³-hybridized carbons (Fsp3) is 0.767. The number of hydrogen-bond acceptors (Lipinski definition) is 6. The molecular weight excluding hydrogens is 973 g/mol. The molecule has 0 aliphatic carbocycles. The van der Waals surface area contributed by atoms with Gasteiger partial charge in [-0.3, -0.25) is 14.4 Å². The van der Waals surface area contributed by atoms with Crippen LogP contribution in [0.5, 0.6) is 0 Å². The lowest BCUT2D eigenvalue weighted by Crippen LogP contribution is -2.30. The third-order valence-corrected chi connectivity index (χ3v) is 14.9. The second-order valence-corrected chi connectivity index (χ2v) is 22.7. The summed E-state index contributed by atoms with van der Waals surface area (Å²) in [5, 5.41) is 0. The van der Waals surface area contributed by atoms with Gasteiger partial charge in [-0.05, 0) is 96.3 Å². The maximum Gasteiger partial charge on any atom is 0.306 e. The predicted octanol–water partition coefficient (Wildman–Crippen LogP) is 23.4. The molecule has 0 bridgehead atoms. The van der Waals surface area contributed by atoms with Crippen LogP contribution >= 0.6 is 0 Å². The average molecular weight is 1100 g/mol. The Labute approximate surface area is 490 Å². The Morgan fingerprint density at radius 2 is 0.494 bits per heavy atom. The van der Waals surface area contributed by atoms with Crippen LogP contribution in [0.25, 0.3) is 0 Å². The summed E-state index contributed by atoms with van der Waals surface area (Å²) in [5.41, 5.74) is 0. The highest BCUT2D eigenvalue weighted by molar-refractivity contribution is 5.71. The molecule has 6 nitrogen and oxygen atoms in total. The Bertz CT molecular complexity index is 1500. The molecule has 0 radical (unpaired) electrons. The van der Waals surface area contributed by atoms with E-state index in [1.54, 1.807) is 0 Å². The van der Waals surface area contributed by atoms with Crippen LogP contribution in [0.1, 0.15) is 342 Å². The van der Waals surface area contributed by atoms with E-state index in [0.717, 1.165) is 109 Å². The molecular formula is C73H128O6. The van der Waals surface area contributed by atoms with Crippen LogP contribution < -0.4 is 0 Å². The Morgan fingerprint density at radius 3 is 0.772 bits per heavy atom. The Balaban J connectivity index is 4.38. The van der Waals surface area contributed by atoms with E-state index in [1.165, 1.54) is 193 Å². The van der Waals surface area contributed by atoms with Crippen molar-refractivity contribution in [3.8, 4) is 0 Å². The smallest absolute Gasteiger partial charge is 0.306 e. The second-order valence-electron chi connectivity index (χ2n) is 22.7. The minimum atomic E-state index is -0.785. The van der Waals surface area contributed by atoms with E-state index in [0.29, 0.717) is 19.3 Å². The SMILES string of the molecule is CC/C=C\C/C=C\C/C=C\C/C=C\CCCCCCCCCCC(=O)OC(COC(=O)CCCCCCCCCC/C=C\C/C=C\C/C=C\CCCCCCC)COC(=O)CCCCCCCCCCCCCCCCCCC.